The van der Waals surface area contributed by atoms with E-state index in [1.807, 2.05) is 0 Å². The Morgan fingerprint density at radius 2 is 1.41 bits per heavy atom. The van der Waals surface area contributed by atoms with Crippen LogP contribution >= 0.6 is 0 Å². The number of carbonyl (C=O) groups excluding carboxylic acids is 3. The van der Waals surface area contributed by atoms with Gasteiger partial charge in [0, 0.05) is 49.4 Å². The molecule has 1 fully saturated rings. The molecule has 11 heteroatoms. The minimum atomic E-state index is -3.63. The normalized spacial score (nSPS) is 14.3. The van der Waals surface area contributed by atoms with Crippen molar-refractivity contribution in [2.45, 2.75) is 18.2 Å². The number of nitrogens with one attached hydrogen (secondary N) is 3. The zero-order valence-corrected chi connectivity index (χ0v) is 19.7. The highest BCUT2D eigenvalue weighted by Gasteiger charge is 2.26. The molecule has 3 N–H and O–H groups in total. The fourth-order valence-electron chi connectivity index (χ4n) is 3.23. The summed E-state index contributed by atoms with van der Waals surface area (Å²) in [6, 6.07) is 12.1. The Bertz CT molecular complexity index is 1110. The number of anilines is 1. The van der Waals surface area contributed by atoms with Crippen molar-refractivity contribution in [2.24, 2.45) is 0 Å². The highest BCUT2D eigenvalue weighted by atomic mass is 32.2. The van der Waals surface area contributed by atoms with Gasteiger partial charge in [0.2, 0.25) is 15.9 Å². The smallest absolute Gasteiger partial charge is 0.255 e. The molecule has 0 aromatic heterocycles. The zero-order valence-electron chi connectivity index (χ0n) is 18.9. The van der Waals surface area contributed by atoms with Crippen molar-refractivity contribution < 1.29 is 27.5 Å². The van der Waals surface area contributed by atoms with Gasteiger partial charge in [-0.05, 0) is 48.5 Å². The van der Waals surface area contributed by atoms with Crippen molar-refractivity contribution in [3.05, 3.63) is 59.7 Å². The van der Waals surface area contributed by atoms with Crippen LogP contribution in [-0.2, 0) is 19.6 Å². The lowest BCUT2D eigenvalue weighted by molar-refractivity contribution is -0.120. The van der Waals surface area contributed by atoms with Gasteiger partial charge in [-0.3, -0.25) is 14.4 Å². The fourth-order valence-corrected chi connectivity index (χ4v) is 4.64. The number of sulfonamides is 1. The van der Waals surface area contributed by atoms with Crippen LogP contribution in [0.5, 0.6) is 0 Å². The molecule has 1 aliphatic heterocycles. The monoisotopic (exact) mass is 488 g/mol. The number of hydrogen-bond donors (Lipinski definition) is 3. The topological polar surface area (TPSA) is 134 Å². The predicted molar refractivity (Wildman–Crippen MR) is 126 cm³/mol. The summed E-state index contributed by atoms with van der Waals surface area (Å²) in [5, 5.41) is 8.10. The Morgan fingerprint density at radius 1 is 0.853 bits per heavy atom. The third-order valence-electron chi connectivity index (χ3n) is 5.18. The number of amides is 3. The molecule has 0 unspecified atom stereocenters. The molecule has 0 bridgehead atoms. The number of nitrogens with zero attached hydrogens (tertiary/aromatic N) is 1. The molecule has 1 heterocycles. The Labute approximate surface area is 198 Å². The SMILES string of the molecule is CCC(=O)NCCNC(=O)c1ccc(NC(=O)c2ccc(S(=O)(=O)N3CCOCC3)cc2)cc1. The van der Waals surface area contributed by atoms with Gasteiger partial charge in [0.1, 0.15) is 0 Å². The summed E-state index contributed by atoms with van der Waals surface area (Å²) >= 11 is 0. The highest BCUT2D eigenvalue weighted by molar-refractivity contribution is 7.89. The zero-order chi connectivity index (χ0) is 24.6. The number of hydrogen-bond acceptors (Lipinski definition) is 6. The average molecular weight is 489 g/mol. The van der Waals surface area contributed by atoms with Crippen molar-refractivity contribution in [2.75, 3.05) is 44.7 Å². The van der Waals surface area contributed by atoms with Crippen LogP contribution in [-0.4, -0.2) is 69.8 Å². The van der Waals surface area contributed by atoms with E-state index in [0.717, 1.165) is 0 Å². The number of benzene rings is 2. The average Bonchev–Trinajstić information content (AvgIpc) is 2.87. The molecule has 0 aliphatic carbocycles. The van der Waals surface area contributed by atoms with E-state index in [1.165, 1.54) is 28.6 Å². The van der Waals surface area contributed by atoms with E-state index in [1.54, 1.807) is 31.2 Å². The van der Waals surface area contributed by atoms with Gasteiger partial charge in [0.05, 0.1) is 18.1 Å². The predicted octanol–water partition coefficient (Wildman–Crippen LogP) is 1.22. The first-order valence-electron chi connectivity index (χ1n) is 11.0. The lowest BCUT2D eigenvalue weighted by Gasteiger charge is -2.26. The lowest BCUT2D eigenvalue weighted by atomic mass is 10.1. The highest BCUT2D eigenvalue weighted by Crippen LogP contribution is 2.18. The summed E-state index contributed by atoms with van der Waals surface area (Å²) in [7, 11) is -3.63. The van der Waals surface area contributed by atoms with E-state index in [0.29, 0.717) is 62.6 Å². The number of morpholine rings is 1. The van der Waals surface area contributed by atoms with Crippen LogP contribution < -0.4 is 16.0 Å². The van der Waals surface area contributed by atoms with Crippen molar-refractivity contribution in [1.29, 1.82) is 0 Å². The first-order chi connectivity index (χ1) is 16.3. The van der Waals surface area contributed by atoms with Crippen LogP contribution in [0.1, 0.15) is 34.1 Å². The second-order valence-electron chi connectivity index (χ2n) is 7.53. The molecule has 2 aromatic carbocycles. The molecule has 0 saturated carbocycles. The van der Waals surface area contributed by atoms with Crippen LogP contribution in [0.3, 0.4) is 0 Å². The fraction of sp³-hybridized carbons (Fsp3) is 0.348. The molecule has 3 rings (SSSR count). The maximum absolute atomic E-state index is 12.7. The minimum Gasteiger partial charge on any atom is -0.379 e. The molecule has 3 amide bonds. The third kappa shape index (κ3) is 6.62. The van der Waals surface area contributed by atoms with Crippen LogP contribution in [0.25, 0.3) is 0 Å². The van der Waals surface area contributed by atoms with Gasteiger partial charge in [0.15, 0.2) is 0 Å². The Morgan fingerprint density at radius 3 is 2.03 bits per heavy atom. The number of carbonyl (C=O) groups is 3. The van der Waals surface area contributed by atoms with E-state index >= 15 is 0 Å². The molecule has 10 nitrogen and oxygen atoms in total. The quantitative estimate of drug-likeness (QED) is 0.455. The molecular formula is C23H28N4O6S. The number of rotatable bonds is 9. The van der Waals surface area contributed by atoms with Gasteiger partial charge in [-0.2, -0.15) is 4.31 Å². The summed E-state index contributed by atoms with van der Waals surface area (Å²) in [5.74, 6) is -0.775. The lowest BCUT2D eigenvalue weighted by Crippen LogP contribution is -2.40. The molecular weight excluding hydrogens is 460 g/mol. The van der Waals surface area contributed by atoms with Crippen LogP contribution in [0, 0.1) is 0 Å². The van der Waals surface area contributed by atoms with Crippen molar-refractivity contribution in [3.63, 3.8) is 0 Å². The molecule has 1 aliphatic rings. The van der Waals surface area contributed by atoms with Crippen LogP contribution in [0.15, 0.2) is 53.4 Å². The second kappa shape index (κ2) is 11.7. The molecule has 182 valence electrons. The molecule has 2 aromatic rings. The summed E-state index contributed by atoms with van der Waals surface area (Å²) in [6.07, 6.45) is 0.388. The van der Waals surface area contributed by atoms with Crippen LogP contribution in [0.2, 0.25) is 0 Å². The van der Waals surface area contributed by atoms with Crippen molar-refractivity contribution in [3.8, 4) is 0 Å². The van der Waals surface area contributed by atoms with Gasteiger partial charge in [-0.25, -0.2) is 8.42 Å². The van der Waals surface area contributed by atoms with E-state index in [-0.39, 0.29) is 16.7 Å². The maximum Gasteiger partial charge on any atom is 0.255 e. The van der Waals surface area contributed by atoms with Crippen molar-refractivity contribution >= 4 is 33.4 Å². The van der Waals surface area contributed by atoms with Gasteiger partial charge < -0.3 is 20.7 Å². The second-order valence-corrected chi connectivity index (χ2v) is 9.47. The minimum absolute atomic E-state index is 0.0808. The summed E-state index contributed by atoms with van der Waals surface area (Å²) < 4.78 is 31.9. The molecule has 1 saturated heterocycles. The molecule has 0 spiro atoms. The van der Waals surface area contributed by atoms with E-state index < -0.39 is 15.9 Å². The molecule has 0 radical (unpaired) electrons. The first-order valence-corrected chi connectivity index (χ1v) is 12.4. The summed E-state index contributed by atoms with van der Waals surface area (Å²) in [6.45, 7) is 3.72. The number of ether oxygens (including phenoxy) is 1. The Balaban J connectivity index is 1.54. The third-order valence-corrected chi connectivity index (χ3v) is 7.10. The van der Waals surface area contributed by atoms with Gasteiger partial charge in [-0.15, -0.1) is 0 Å². The summed E-state index contributed by atoms with van der Waals surface area (Å²) in [4.78, 5) is 36.0. The Hall–Kier alpha value is -3.28. The summed E-state index contributed by atoms with van der Waals surface area (Å²) in [5.41, 5.74) is 1.20. The van der Waals surface area contributed by atoms with E-state index in [9.17, 15) is 22.8 Å². The van der Waals surface area contributed by atoms with Gasteiger partial charge in [-0.1, -0.05) is 6.92 Å². The maximum atomic E-state index is 12.7. The molecule has 0 atom stereocenters. The Kier molecular flexibility index (Phi) is 8.74. The van der Waals surface area contributed by atoms with E-state index in [4.69, 9.17) is 4.74 Å². The standard InChI is InChI=1S/C23H28N4O6S/c1-2-21(28)24-11-12-25-22(29)17-3-7-19(8-4-17)26-23(30)18-5-9-20(10-6-18)34(31,32)27-13-15-33-16-14-27/h3-10H,2,11-16H2,1H3,(H,24,28)(H,25,29)(H,26,30). The van der Waals surface area contributed by atoms with Crippen molar-refractivity contribution in [1.82, 2.24) is 14.9 Å². The van der Waals surface area contributed by atoms with Crippen LogP contribution in [0.4, 0.5) is 5.69 Å². The largest absolute Gasteiger partial charge is 0.379 e. The molecule has 34 heavy (non-hydrogen) atoms. The van der Waals surface area contributed by atoms with E-state index in [2.05, 4.69) is 16.0 Å². The van der Waals surface area contributed by atoms with Gasteiger partial charge in [0.25, 0.3) is 11.8 Å². The first kappa shape index (κ1) is 25.3. The van der Waals surface area contributed by atoms with Gasteiger partial charge >= 0.3 is 0 Å².